The number of thioether (sulfide) groups is 1. The van der Waals surface area contributed by atoms with E-state index in [4.69, 9.17) is 15.2 Å². The third-order valence-corrected chi connectivity index (χ3v) is 5.92. The molecule has 3 N–H and O–H groups in total. The summed E-state index contributed by atoms with van der Waals surface area (Å²) >= 11 is 1.56. The molecule has 2 aliphatic rings. The maximum absolute atomic E-state index is 9.77. The van der Waals surface area contributed by atoms with Gasteiger partial charge in [0.2, 0.25) is 0 Å². The number of nitrogens with two attached hydrogens (primary N) is 1. The van der Waals surface area contributed by atoms with Crippen LogP contribution in [0.1, 0.15) is 39.7 Å². The molecule has 1 saturated carbocycles. The second-order valence-corrected chi connectivity index (χ2v) is 8.32. The summed E-state index contributed by atoms with van der Waals surface area (Å²) in [5.74, 6) is 0.544. The van der Waals surface area contributed by atoms with E-state index in [1.165, 1.54) is 0 Å². The molecule has 142 valence electrons. The number of hydrogen-bond acceptors (Lipinski definition) is 9. The summed E-state index contributed by atoms with van der Waals surface area (Å²) in [6, 6.07) is -0.123. The number of nitrogens with zero attached hydrogens (tertiary/aromatic N) is 5. The molecule has 2 aromatic rings. The first kappa shape index (κ1) is 17.9. The van der Waals surface area contributed by atoms with Gasteiger partial charge in [-0.25, -0.2) is 14.6 Å². The van der Waals surface area contributed by atoms with Crippen molar-refractivity contribution in [3.8, 4) is 0 Å². The first-order chi connectivity index (χ1) is 12.4. The van der Waals surface area contributed by atoms with Gasteiger partial charge in [-0.1, -0.05) is 23.9 Å². The Morgan fingerprint density at radius 2 is 2.08 bits per heavy atom. The Morgan fingerprint density at radius 3 is 2.81 bits per heavy atom. The Kier molecular flexibility index (Phi) is 4.54. The zero-order valence-corrected chi connectivity index (χ0v) is 15.9. The van der Waals surface area contributed by atoms with E-state index >= 15 is 0 Å². The molecule has 2 fully saturated rings. The highest BCUT2D eigenvalue weighted by Crippen LogP contribution is 2.47. The van der Waals surface area contributed by atoms with Crippen molar-refractivity contribution >= 4 is 28.7 Å². The van der Waals surface area contributed by atoms with Crippen LogP contribution in [0.15, 0.2) is 5.16 Å². The van der Waals surface area contributed by atoms with Crippen molar-refractivity contribution in [3.63, 3.8) is 0 Å². The van der Waals surface area contributed by atoms with Crippen LogP contribution in [0.5, 0.6) is 0 Å². The minimum atomic E-state index is -0.687. The third-order valence-electron chi connectivity index (χ3n) is 4.87. The quantitative estimate of drug-likeness (QED) is 0.585. The van der Waals surface area contributed by atoms with E-state index in [-0.39, 0.29) is 30.8 Å². The van der Waals surface area contributed by atoms with Crippen LogP contribution in [0.3, 0.4) is 0 Å². The first-order valence-electron chi connectivity index (χ1n) is 8.91. The Morgan fingerprint density at radius 1 is 1.31 bits per heavy atom. The van der Waals surface area contributed by atoms with E-state index in [2.05, 4.69) is 27.2 Å². The summed E-state index contributed by atoms with van der Waals surface area (Å²) in [6.07, 6.45) is 1.32. The third kappa shape index (κ3) is 2.94. The summed E-state index contributed by atoms with van der Waals surface area (Å²) in [7, 11) is 0. The lowest BCUT2D eigenvalue weighted by Gasteiger charge is -2.23. The second kappa shape index (κ2) is 6.59. The molecular formula is C16H24N6O3S. The standard InChI is InChI=1S/C16H24N6O3S/c1-4-5-26-15-18-13(17)10-14(19-15)22(21-20-10)9-6-8(7-23)11-12(9)25-16(2,3)24-11/h8-9,11-12,23H,4-7H2,1-3H3,(H2,17,18,19). The monoisotopic (exact) mass is 380 g/mol. The van der Waals surface area contributed by atoms with Gasteiger partial charge in [-0.2, -0.15) is 0 Å². The fourth-order valence-electron chi connectivity index (χ4n) is 3.79. The van der Waals surface area contributed by atoms with Gasteiger partial charge in [-0.3, -0.25) is 0 Å². The predicted octanol–water partition coefficient (Wildman–Crippen LogP) is 1.38. The number of aliphatic hydroxyl groups is 1. The minimum absolute atomic E-state index is 0.0147. The number of aromatic nitrogens is 5. The van der Waals surface area contributed by atoms with E-state index in [1.54, 1.807) is 16.4 Å². The van der Waals surface area contributed by atoms with Crippen molar-refractivity contribution in [2.24, 2.45) is 5.92 Å². The molecule has 2 aromatic heterocycles. The normalized spacial score (nSPS) is 30.2. The minimum Gasteiger partial charge on any atom is -0.396 e. The molecule has 0 spiro atoms. The Labute approximate surface area is 155 Å². The predicted molar refractivity (Wildman–Crippen MR) is 96.6 cm³/mol. The second-order valence-electron chi connectivity index (χ2n) is 7.26. The molecular weight excluding hydrogens is 356 g/mol. The van der Waals surface area contributed by atoms with Gasteiger partial charge in [0.15, 0.2) is 27.9 Å². The molecule has 0 bridgehead atoms. The van der Waals surface area contributed by atoms with Crippen molar-refractivity contribution < 1.29 is 14.6 Å². The van der Waals surface area contributed by atoms with Crippen LogP contribution < -0.4 is 5.73 Å². The molecule has 1 saturated heterocycles. The van der Waals surface area contributed by atoms with Crippen molar-refractivity contribution in [1.82, 2.24) is 25.0 Å². The van der Waals surface area contributed by atoms with Crippen LogP contribution in [-0.2, 0) is 9.47 Å². The van der Waals surface area contributed by atoms with Gasteiger partial charge in [0.25, 0.3) is 0 Å². The highest BCUT2D eigenvalue weighted by atomic mass is 32.2. The number of rotatable bonds is 5. The molecule has 1 aliphatic carbocycles. The van der Waals surface area contributed by atoms with Crippen LogP contribution in [0, 0.1) is 5.92 Å². The number of ether oxygens (including phenoxy) is 2. The van der Waals surface area contributed by atoms with E-state index in [0.29, 0.717) is 28.6 Å². The highest BCUT2D eigenvalue weighted by molar-refractivity contribution is 7.99. The van der Waals surface area contributed by atoms with Crippen LogP contribution in [-0.4, -0.2) is 60.4 Å². The number of nitrogen functional groups attached to an aromatic ring is 1. The highest BCUT2D eigenvalue weighted by Gasteiger charge is 2.55. The Balaban J connectivity index is 1.73. The molecule has 0 radical (unpaired) electrons. The summed E-state index contributed by atoms with van der Waals surface area (Å²) in [5.41, 5.74) is 7.16. The summed E-state index contributed by atoms with van der Waals surface area (Å²) in [6.45, 7) is 5.91. The Bertz CT molecular complexity index is 813. The van der Waals surface area contributed by atoms with Crippen molar-refractivity contribution in [2.45, 2.75) is 62.8 Å². The molecule has 0 aromatic carbocycles. The van der Waals surface area contributed by atoms with Gasteiger partial charge >= 0.3 is 0 Å². The fourth-order valence-corrected chi connectivity index (χ4v) is 4.49. The lowest BCUT2D eigenvalue weighted by Crippen LogP contribution is -2.28. The average molecular weight is 380 g/mol. The average Bonchev–Trinajstić information content (AvgIpc) is 3.23. The molecule has 4 unspecified atom stereocenters. The SMILES string of the molecule is CCCSc1nc(N)c2nnn(C3CC(CO)C4OC(C)(C)OC43)c2n1. The molecule has 4 rings (SSSR count). The number of hydrogen-bond donors (Lipinski definition) is 2. The molecule has 4 atom stereocenters. The van der Waals surface area contributed by atoms with E-state index in [9.17, 15) is 5.11 Å². The molecule has 1 aliphatic heterocycles. The summed E-state index contributed by atoms with van der Waals surface area (Å²) < 4.78 is 13.9. The lowest BCUT2D eigenvalue weighted by atomic mass is 10.1. The number of anilines is 1. The molecule has 0 amide bonds. The summed E-state index contributed by atoms with van der Waals surface area (Å²) in [4.78, 5) is 8.95. The maximum Gasteiger partial charge on any atom is 0.191 e. The molecule has 26 heavy (non-hydrogen) atoms. The molecule has 3 heterocycles. The van der Waals surface area contributed by atoms with Gasteiger partial charge < -0.3 is 20.3 Å². The zero-order valence-electron chi connectivity index (χ0n) is 15.1. The Hall–Kier alpha value is -1.49. The van der Waals surface area contributed by atoms with E-state index < -0.39 is 5.79 Å². The number of fused-ring (bicyclic) bond motifs is 2. The van der Waals surface area contributed by atoms with Crippen molar-refractivity contribution in [3.05, 3.63) is 0 Å². The van der Waals surface area contributed by atoms with Crippen LogP contribution >= 0.6 is 11.8 Å². The fraction of sp³-hybridized carbons (Fsp3) is 0.750. The summed E-state index contributed by atoms with van der Waals surface area (Å²) in [5, 5.41) is 18.9. The van der Waals surface area contributed by atoms with Gasteiger partial charge in [-0.05, 0) is 26.7 Å². The van der Waals surface area contributed by atoms with Crippen molar-refractivity contribution in [1.29, 1.82) is 0 Å². The van der Waals surface area contributed by atoms with Crippen LogP contribution in [0.25, 0.3) is 11.2 Å². The molecule has 9 nitrogen and oxygen atoms in total. The largest absolute Gasteiger partial charge is 0.396 e. The maximum atomic E-state index is 9.77. The van der Waals surface area contributed by atoms with Gasteiger partial charge in [0.1, 0.15) is 6.10 Å². The van der Waals surface area contributed by atoms with Crippen LogP contribution in [0.4, 0.5) is 5.82 Å². The number of aliphatic hydroxyl groups excluding tert-OH is 1. The topological polar surface area (TPSA) is 121 Å². The van der Waals surface area contributed by atoms with Crippen molar-refractivity contribution in [2.75, 3.05) is 18.1 Å². The smallest absolute Gasteiger partial charge is 0.191 e. The van der Waals surface area contributed by atoms with Gasteiger partial charge in [0, 0.05) is 18.3 Å². The molecule has 10 heteroatoms. The van der Waals surface area contributed by atoms with Gasteiger partial charge in [-0.15, -0.1) is 5.10 Å². The van der Waals surface area contributed by atoms with E-state index in [1.807, 2.05) is 13.8 Å². The lowest BCUT2D eigenvalue weighted by molar-refractivity contribution is -0.162. The van der Waals surface area contributed by atoms with E-state index in [0.717, 1.165) is 12.2 Å². The van der Waals surface area contributed by atoms with Gasteiger partial charge in [0.05, 0.1) is 12.1 Å². The first-order valence-corrected chi connectivity index (χ1v) is 9.89. The zero-order chi connectivity index (χ0) is 18.5. The van der Waals surface area contributed by atoms with Crippen LogP contribution in [0.2, 0.25) is 0 Å².